The molecule has 2 atom stereocenters. The molecule has 0 aliphatic heterocycles. The third-order valence-corrected chi connectivity index (χ3v) is 6.56. The van der Waals surface area contributed by atoms with Crippen LogP contribution in [0.4, 0.5) is 0 Å². The van der Waals surface area contributed by atoms with Gasteiger partial charge in [0.1, 0.15) is 5.78 Å². The molecule has 32 heavy (non-hydrogen) atoms. The summed E-state index contributed by atoms with van der Waals surface area (Å²) >= 11 is 0. The highest BCUT2D eigenvalue weighted by Crippen LogP contribution is 2.34. The zero-order chi connectivity index (χ0) is 23.0. The first kappa shape index (κ1) is 26.3. The number of methoxy groups -OCH3 is 1. The Balaban J connectivity index is 1.64. The summed E-state index contributed by atoms with van der Waals surface area (Å²) in [6.45, 7) is 3.16. The van der Waals surface area contributed by atoms with Crippen LogP contribution in [0.5, 0.6) is 0 Å². The first-order valence-corrected chi connectivity index (χ1v) is 12.5. The topological polar surface area (TPSA) is 52.6 Å². The molecule has 0 saturated carbocycles. The molecule has 2 rings (SSSR count). The predicted octanol–water partition coefficient (Wildman–Crippen LogP) is 6.82. The minimum absolute atomic E-state index is 0.101. The first-order valence-electron chi connectivity index (χ1n) is 12.5. The summed E-state index contributed by atoms with van der Waals surface area (Å²) in [5.74, 6) is 0.787. The van der Waals surface area contributed by atoms with Crippen molar-refractivity contribution in [3.8, 4) is 0 Å². The maximum atomic E-state index is 12.1. The van der Waals surface area contributed by atoms with Gasteiger partial charge in [0.2, 0.25) is 0 Å². The van der Waals surface area contributed by atoms with E-state index in [-0.39, 0.29) is 11.9 Å². The Morgan fingerprint density at radius 1 is 0.969 bits per heavy atom. The van der Waals surface area contributed by atoms with Crippen LogP contribution in [0.1, 0.15) is 89.5 Å². The van der Waals surface area contributed by atoms with Crippen LogP contribution in [-0.4, -0.2) is 25.5 Å². The Labute approximate surface area is 194 Å². The van der Waals surface area contributed by atoms with E-state index >= 15 is 0 Å². The molecule has 4 nitrogen and oxygen atoms in total. The summed E-state index contributed by atoms with van der Waals surface area (Å²) in [5.41, 5.74) is 2.75. The van der Waals surface area contributed by atoms with Crippen LogP contribution in [-0.2, 0) is 25.7 Å². The second kappa shape index (κ2) is 15.8. The van der Waals surface area contributed by atoms with Crippen molar-refractivity contribution in [2.24, 2.45) is 11.8 Å². The quantitative estimate of drug-likeness (QED) is 0.160. The smallest absolute Gasteiger partial charge is 0.305 e. The van der Waals surface area contributed by atoms with E-state index in [1.165, 1.54) is 38.4 Å². The maximum Gasteiger partial charge on any atom is 0.305 e. The highest BCUT2D eigenvalue weighted by Gasteiger charge is 2.27. The molecule has 1 aliphatic rings. The molecule has 0 N–H and O–H groups in total. The molecule has 1 aliphatic carbocycles. The van der Waals surface area contributed by atoms with Gasteiger partial charge in [-0.1, -0.05) is 67.7 Å². The number of ketones is 1. The van der Waals surface area contributed by atoms with E-state index in [2.05, 4.69) is 22.9 Å². The van der Waals surface area contributed by atoms with Crippen molar-refractivity contribution in [2.75, 3.05) is 13.7 Å². The van der Waals surface area contributed by atoms with E-state index in [4.69, 9.17) is 4.74 Å². The number of carbonyl (C=O) groups is 2. The lowest BCUT2D eigenvalue weighted by Crippen LogP contribution is -2.24. The summed E-state index contributed by atoms with van der Waals surface area (Å²) in [4.78, 5) is 23.3. The summed E-state index contributed by atoms with van der Waals surface area (Å²) in [6, 6.07) is 10.3. The maximum absolute atomic E-state index is 12.1. The van der Waals surface area contributed by atoms with Crippen LogP contribution in [0.15, 0.2) is 42.0 Å². The summed E-state index contributed by atoms with van der Waals surface area (Å²) in [6.07, 6.45) is 15.1. The lowest BCUT2D eigenvalue weighted by molar-refractivity contribution is -0.140. The van der Waals surface area contributed by atoms with Gasteiger partial charge in [0.05, 0.1) is 13.7 Å². The Bertz CT molecular complexity index is 695. The molecule has 0 spiro atoms. The number of hydrogen-bond donors (Lipinski definition) is 0. The molecule has 0 bridgehead atoms. The molecule has 178 valence electrons. The molecule has 0 amide bonds. The van der Waals surface area contributed by atoms with Crippen molar-refractivity contribution in [3.63, 3.8) is 0 Å². The lowest BCUT2D eigenvalue weighted by Gasteiger charge is -2.29. The molecule has 1 aromatic rings. The molecule has 1 aromatic carbocycles. The minimum Gasteiger partial charge on any atom is -0.469 e. The lowest BCUT2D eigenvalue weighted by atomic mass is 9.75. The second-order valence-electron chi connectivity index (χ2n) is 9.12. The van der Waals surface area contributed by atoms with Crippen LogP contribution in [0.25, 0.3) is 0 Å². The van der Waals surface area contributed by atoms with Crippen molar-refractivity contribution < 1.29 is 19.1 Å². The van der Waals surface area contributed by atoms with Gasteiger partial charge >= 0.3 is 5.97 Å². The van der Waals surface area contributed by atoms with Gasteiger partial charge in [-0.25, -0.2) is 0 Å². The van der Waals surface area contributed by atoms with Gasteiger partial charge < -0.3 is 9.47 Å². The van der Waals surface area contributed by atoms with Crippen molar-refractivity contribution in [1.82, 2.24) is 0 Å². The van der Waals surface area contributed by atoms with E-state index in [0.717, 1.165) is 51.6 Å². The highest BCUT2D eigenvalue weighted by molar-refractivity contribution is 5.79. The van der Waals surface area contributed by atoms with Gasteiger partial charge in [0, 0.05) is 18.9 Å². The number of Topliss-reactive ketones (excluding diaryl/α,β-unsaturated/α-hetero) is 1. The number of ether oxygens (including phenoxy) is 2. The van der Waals surface area contributed by atoms with Gasteiger partial charge in [-0.15, -0.1) is 0 Å². The third kappa shape index (κ3) is 10.6. The van der Waals surface area contributed by atoms with E-state index in [9.17, 15) is 9.59 Å². The number of allylic oxidation sites excluding steroid dienone is 2. The Hall–Kier alpha value is -1.94. The number of hydrogen-bond acceptors (Lipinski definition) is 4. The van der Waals surface area contributed by atoms with Crippen LogP contribution < -0.4 is 0 Å². The molecule has 0 radical (unpaired) electrons. The van der Waals surface area contributed by atoms with E-state index < -0.39 is 0 Å². The Kier molecular flexibility index (Phi) is 13.0. The molecule has 0 fully saturated rings. The van der Waals surface area contributed by atoms with Crippen molar-refractivity contribution >= 4 is 11.8 Å². The molecule has 0 saturated heterocycles. The molecule has 4 heteroatoms. The van der Waals surface area contributed by atoms with Crippen molar-refractivity contribution in [1.29, 1.82) is 0 Å². The molecular formula is C28H42O4. The van der Waals surface area contributed by atoms with Crippen molar-refractivity contribution in [2.45, 2.75) is 90.6 Å². The first-order chi connectivity index (χ1) is 15.6. The molecule has 0 unspecified atom stereocenters. The summed E-state index contributed by atoms with van der Waals surface area (Å²) in [5, 5.41) is 0. The fraction of sp³-hybridized carbons (Fsp3) is 0.643. The van der Waals surface area contributed by atoms with Gasteiger partial charge in [0.25, 0.3) is 0 Å². The normalized spacial score (nSPS) is 18.2. The van der Waals surface area contributed by atoms with Crippen LogP contribution in [0.3, 0.4) is 0 Å². The number of benzene rings is 1. The number of unbranched alkanes of at least 4 members (excludes halogenated alkanes) is 5. The monoisotopic (exact) mass is 442 g/mol. The molecule has 0 heterocycles. The average molecular weight is 443 g/mol. The van der Waals surface area contributed by atoms with Gasteiger partial charge in [0.15, 0.2) is 0 Å². The number of rotatable bonds is 16. The summed E-state index contributed by atoms with van der Waals surface area (Å²) < 4.78 is 10.5. The number of carbonyl (C=O) groups excluding carboxylic acids is 2. The predicted molar refractivity (Wildman–Crippen MR) is 129 cm³/mol. The van der Waals surface area contributed by atoms with E-state index in [1.807, 2.05) is 18.2 Å². The van der Waals surface area contributed by atoms with Crippen LogP contribution in [0.2, 0.25) is 0 Å². The average Bonchev–Trinajstić information content (AvgIpc) is 2.81. The number of esters is 1. The van der Waals surface area contributed by atoms with Gasteiger partial charge in [-0.3, -0.25) is 9.59 Å². The summed E-state index contributed by atoms with van der Waals surface area (Å²) in [7, 11) is 1.45. The fourth-order valence-electron chi connectivity index (χ4n) is 4.67. The zero-order valence-corrected chi connectivity index (χ0v) is 20.2. The Morgan fingerprint density at radius 2 is 1.69 bits per heavy atom. The Morgan fingerprint density at radius 3 is 2.41 bits per heavy atom. The SMILES string of the molecule is COC(=O)CCCCCCCCC1=C[C@@H](CCCOCc2ccccc2)[C@H](C(C)=O)CC1. The highest BCUT2D eigenvalue weighted by atomic mass is 16.5. The molecule has 0 aromatic heterocycles. The second-order valence-corrected chi connectivity index (χ2v) is 9.12. The van der Waals surface area contributed by atoms with Crippen LogP contribution in [0, 0.1) is 11.8 Å². The van der Waals surface area contributed by atoms with E-state index in [0.29, 0.717) is 24.7 Å². The molecular weight excluding hydrogens is 400 g/mol. The van der Waals surface area contributed by atoms with Gasteiger partial charge in [-0.05, 0) is 63.4 Å². The minimum atomic E-state index is -0.101. The van der Waals surface area contributed by atoms with E-state index in [1.54, 1.807) is 12.5 Å². The zero-order valence-electron chi connectivity index (χ0n) is 20.2. The fourth-order valence-corrected chi connectivity index (χ4v) is 4.67. The standard InChI is InChI=1S/C28H42O4/c1-23(29)27-19-18-24(13-8-5-3-4-6-11-17-28(30)31-2)21-26(27)16-12-20-32-22-25-14-9-7-10-15-25/h7,9-10,14-15,21,26-27H,3-6,8,11-13,16-20,22H2,1-2H3/t26-,27+/m1/s1. The largest absolute Gasteiger partial charge is 0.469 e. The third-order valence-electron chi connectivity index (χ3n) is 6.56. The van der Waals surface area contributed by atoms with Crippen molar-refractivity contribution in [3.05, 3.63) is 47.5 Å². The van der Waals surface area contributed by atoms with Gasteiger partial charge in [-0.2, -0.15) is 0 Å². The van der Waals surface area contributed by atoms with Crippen LogP contribution >= 0.6 is 0 Å².